The van der Waals surface area contributed by atoms with Gasteiger partial charge in [0.05, 0.1) is 0 Å². The SMILES string of the molecule is O=NC(=O)C1=CC=CN(CCc2ccccc2)C1. The van der Waals surface area contributed by atoms with Gasteiger partial charge in [-0.2, -0.15) is 0 Å². The molecule has 0 N–H and O–H groups in total. The third kappa shape index (κ3) is 3.13. The van der Waals surface area contributed by atoms with E-state index in [1.807, 2.05) is 29.3 Å². The molecule has 1 aliphatic heterocycles. The molecule has 1 amide bonds. The summed E-state index contributed by atoms with van der Waals surface area (Å²) < 4.78 is 0. The van der Waals surface area contributed by atoms with Crippen LogP contribution in [0.15, 0.2) is 59.4 Å². The minimum Gasteiger partial charge on any atom is -0.373 e. The average molecular weight is 242 g/mol. The second kappa shape index (κ2) is 5.91. The molecule has 0 radical (unpaired) electrons. The number of amides is 1. The lowest BCUT2D eigenvalue weighted by molar-refractivity contribution is -0.114. The van der Waals surface area contributed by atoms with Crippen LogP contribution < -0.4 is 0 Å². The fourth-order valence-electron chi connectivity index (χ4n) is 1.87. The fourth-order valence-corrected chi connectivity index (χ4v) is 1.87. The van der Waals surface area contributed by atoms with E-state index in [2.05, 4.69) is 17.3 Å². The van der Waals surface area contributed by atoms with Gasteiger partial charge in [0.15, 0.2) is 0 Å². The van der Waals surface area contributed by atoms with Gasteiger partial charge < -0.3 is 4.90 Å². The molecule has 1 aromatic carbocycles. The summed E-state index contributed by atoms with van der Waals surface area (Å²) in [6.07, 6.45) is 6.24. The molecule has 1 aliphatic rings. The van der Waals surface area contributed by atoms with Crippen LogP contribution in [0.25, 0.3) is 0 Å². The fraction of sp³-hybridized carbons (Fsp3) is 0.214. The van der Waals surface area contributed by atoms with Crippen molar-refractivity contribution in [3.63, 3.8) is 0 Å². The molecule has 4 nitrogen and oxygen atoms in total. The van der Waals surface area contributed by atoms with Crippen LogP contribution in [0.2, 0.25) is 0 Å². The van der Waals surface area contributed by atoms with Crippen LogP contribution >= 0.6 is 0 Å². The van der Waals surface area contributed by atoms with Crippen LogP contribution in [0.5, 0.6) is 0 Å². The average Bonchev–Trinajstić information content (AvgIpc) is 2.45. The van der Waals surface area contributed by atoms with Gasteiger partial charge in [-0.25, -0.2) is 0 Å². The molecular formula is C14H14N2O2. The van der Waals surface area contributed by atoms with Crippen LogP contribution in [-0.2, 0) is 11.2 Å². The van der Waals surface area contributed by atoms with E-state index in [9.17, 15) is 9.70 Å². The second-order valence-electron chi connectivity index (χ2n) is 4.14. The predicted molar refractivity (Wildman–Crippen MR) is 69.7 cm³/mol. The topological polar surface area (TPSA) is 49.7 Å². The molecule has 0 unspecified atom stereocenters. The Balaban J connectivity index is 1.89. The smallest absolute Gasteiger partial charge is 0.314 e. The van der Waals surface area contributed by atoms with E-state index in [1.54, 1.807) is 12.2 Å². The van der Waals surface area contributed by atoms with Crippen molar-refractivity contribution < 1.29 is 4.79 Å². The largest absolute Gasteiger partial charge is 0.373 e. The van der Waals surface area contributed by atoms with Crippen LogP contribution in [0, 0.1) is 4.91 Å². The highest BCUT2D eigenvalue weighted by molar-refractivity contribution is 5.94. The summed E-state index contributed by atoms with van der Waals surface area (Å²) >= 11 is 0. The highest BCUT2D eigenvalue weighted by Crippen LogP contribution is 2.10. The molecule has 0 bridgehead atoms. The summed E-state index contributed by atoms with van der Waals surface area (Å²) in [6, 6.07) is 10.1. The third-order valence-corrected chi connectivity index (χ3v) is 2.86. The van der Waals surface area contributed by atoms with E-state index < -0.39 is 5.91 Å². The molecule has 0 atom stereocenters. The second-order valence-corrected chi connectivity index (χ2v) is 4.14. The van der Waals surface area contributed by atoms with Gasteiger partial charge in [0, 0.05) is 23.8 Å². The van der Waals surface area contributed by atoms with Gasteiger partial charge in [-0.3, -0.25) is 4.79 Å². The summed E-state index contributed by atoms with van der Waals surface area (Å²) in [6.45, 7) is 1.26. The Morgan fingerprint density at radius 1 is 1.28 bits per heavy atom. The molecule has 0 aliphatic carbocycles. The van der Waals surface area contributed by atoms with Crippen molar-refractivity contribution in [2.24, 2.45) is 5.18 Å². The maximum absolute atomic E-state index is 11.2. The van der Waals surface area contributed by atoms with Crippen molar-refractivity contribution in [1.82, 2.24) is 4.90 Å². The number of nitrogens with zero attached hydrogens (tertiary/aromatic N) is 2. The van der Waals surface area contributed by atoms with Gasteiger partial charge in [-0.05, 0) is 24.3 Å². The number of benzene rings is 1. The molecular weight excluding hydrogens is 228 g/mol. The number of carbonyl (C=O) groups excluding carboxylic acids is 1. The molecule has 1 heterocycles. The van der Waals surface area contributed by atoms with E-state index in [1.165, 1.54) is 5.56 Å². The summed E-state index contributed by atoms with van der Waals surface area (Å²) in [4.78, 5) is 23.4. The lowest BCUT2D eigenvalue weighted by Gasteiger charge is -2.23. The quantitative estimate of drug-likeness (QED) is 0.761. The summed E-state index contributed by atoms with van der Waals surface area (Å²) in [5.74, 6) is -0.677. The van der Waals surface area contributed by atoms with E-state index in [-0.39, 0.29) is 0 Å². The predicted octanol–water partition coefficient (Wildman–Crippen LogP) is 2.28. The molecule has 0 aromatic heterocycles. The first-order chi connectivity index (χ1) is 8.79. The van der Waals surface area contributed by atoms with E-state index in [0.29, 0.717) is 12.1 Å². The molecule has 18 heavy (non-hydrogen) atoms. The van der Waals surface area contributed by atoms with Gasteiger partial charge in [0.2, 0.25) is 0 Å². The van der Waals surface area contributed by atoms with Gasteiger partial charge in [-0.1, -0.05) is 36.4 Å². The Morgan fingerprint density at radius 3 is 2.78 bits per heavy atom. The van der Waals surface area contributed by atoms with Crippen LogP contribution in [0.4, 0.5) is 0 Å². The first-order valence-electron chi connectivity index (χ1n) is 5.82. The molecule has 2 rings (SSSR count). The molecule has 1 aromatic rings. The lowest BCUT2D eigenvalue weighted by Crippen LogP contribution is -2.26. The van der Waals surface area contributed by atoms with Crippen LogP contribution in [-0.4, -0.2) is 23.9 Å². The Labute approximate surface area is 106 Å². The Bertz CT molecular complexity index is 492. The first-order valence-corrected chi connectivity index (χ1v) is 5.82. The van der Waals surface area contributed by atoms with Gasteiger partial charge in [-0.15, -0.1) is 4.91 Å². The minimum absolute atomic E-state index is 0.445. The van der Waals surface area contributed by atoms with Crippen molar-refractivity contribution in [1.29, 1.82) is 0 Å². The monoisotopic (exact) mass is 242 g/mol. The van der Waals surface area contributed by atoms with Gasteiger partial charge in [0.1, 0.15) is 0 Å². The molecule has 4 heteroatoms. The lowest BCUT2D eigenvalue weighted by atomic mass is 10.1. The number of hydrogen-bond donors (Lipinski definition) is 0. The summed E-state index contributed by atoms with van der Waals surface area (Å²) in [5, 5.41) is 2.45. The Hall–Kier alpha value is -2.23. The number of rotatable bonds is 4. The Kier molecular flexibility index (Phi) is 4.02. The van der Waals surface area contributed by atoms with Crippen molar-refractivity contribution in [2.75, 3.05) is 13.1 Å². The van der Waals surface area contributed by atoms with E-state index in [0.717, 1.165) is 13.0 Å². The van der Waals surface area contributed by atoms with E-state index >= 15 is 0 Å². The number of hydrogen-bond acceptors (Lipinski definition) is 3. The van der Waals surface area contributed by atoms with Gasteiger partial charge in [0.25, 0.3) is 0 Å². The van der Waals surface area contributed by atoms with Crippen LogP contribution in [0.3, 0.4) is 0 Å². The van der Waals surface area contributed by atoms with Crippen molar-refractivity contribution >= 4 is 5.91 Å². The summed E-state index contributed by atoms with van der Waals surface area (Å²) in [5.41, 5.74) is 1.70. The maximum atomic E-state index is 11.2. The van der Waals surface area contributed by atoms with Crippen LogP contribution in [0.1, 0.15) is 5.56 Å². The van der Waals surface area contributed by atoms with Crippen molar-refractivity contribution in [2.45, 2.75) is 6.42 Å². The highest BCUT2D eigenvalue weighted by Gasteiger charge is 2.14. The zero-order valence-corrected chi connectivity index (χ0v) is 9.95. The molecule has 0 saturated carbocycles. The Morgan fingerprint density at radius 2 is 2.06 bits per heavy atom. The minimum atomic E-state index is -0.677. The molecule has 0 saturated heterocycles. The number of allylic oxidation sites excluding steroid dienone is 2. The molecule has 92 valence electrons. The number of carbonyl (C=O) groups is 1. The normalized spacial score (nSPS) is 14.2. The number of nitroso groups, excluding NO2 is 1. The standard InChI is InChI=1S/C14H14N2O2/c17-14(15-18)13-7-4-9-16(11-13)10-8-12-5-2-1-3-6-12/h1-7,9H,8,10-11H2. The van der Waals surface area contributed by atoms with Gasteiger partial charge >= 0.3 is 5.91 Å². The molecule has 0 spiro atoms. The first kappa shape index (κ1) is 12.2. The highest BCUT2D eigenvalue weighted by atomic mass is 16.3. The molecule has 0 fully saturated rings. The maximum Gasteiger partial charge on any atom is 0.314 e. The summed E-state index contributed by atoms with van der Waals surface area (Å²) in [7, 11) is 0. The third-order valence-electron chi connectivity index (χ3n) is 2.86. The van der Waals surface area contributed by atoms with Crippen molar-refractivity contribution in [3.05, 3.63) is 64.7 Å². The van der Waals surface area contributed by atoms with E-state index in [4.69, 9.17) is 0 Å². The zero-order valence-electron chi connectivity index (χ0n) is 9.95. The van der Waals surface area contributed by atoms with Crippen molar-refractivity contribution in [3.8, 4) is 0 Å². The zero-order chi connectivity index (χ0) is 12.8.